The molecule has 2 aliphatic rings. The molecule has 2 nitrogen and oxygen atoms in total. The largest absolute Gasteiger partial charge is 0.357 e. The van der Waals surface area contributed by atoms with E-state index in [1.54, 1.807) is 5.37 Å². The summed E-state index contributed by atoms with van der Waals surface area (Å²) < 4.78 is 0. The molecule has 0 aliphatic carbocycles. The first-order chi connectivity index (χ1) is 6.40. The number of likely N-dealkylation sites (tertiary alicyclic amines) is 1. The molecule has 13 heavy (non-hydrogen) atoms. The maximum Gasteiger partial charge on any atom is 0.124 e. The van der Waals surface area contributed by atoms with E-state index in [1.165, 1.54) is 25.9 Å². The van der Waals surface area contributed by atoms with Crippen molar-refractivity contribution in [3.63, 3.8) is 0 Å². The van der Waals surface area contributed by atoms with E-state index in [0.717, 1.165) is 12.2 Å². The molecule has 0 aromatic rings. The quantitative estimate of drug-likeness (QED) is 0.625. The maximum atomic E-state index is 4.89. The van der Waals surface area contributed by atoms with Crippen molar-refractivity contribution in [2.75, 3.05) is 13.1 Å². The minimum atomic E-state index is 0.376. The Morgan fingerprint density at radius 1 is 1.46 bits per heavy atom. The van der Waals surface area contributed by atoms with Gasteiger partial charge in [-0.1, -0.05) is 12.2 Å². The summed E-state index contributed by atoms with van der Waals surface area (Å²) in [6.45, 7) is 2.34. The molecule has 2 rings (SSSR count). The first-order valence-corrected chi connectivity index (χ1v) is 5.32. The average molecular weight is 194 g/mol. The van der Waals surface area contributed by atoms with Gasteiger partial charge in [-0.2, -0.15) is 0 Å². The van der Waals surface area contributed by atoms with E-state index in [9.17, 15) is 0 Å². The normalized spacial score (nSPS) is 27.5. The molecule has 0 saturated carbocycles. The van der Waals surface area contributed by atoms with E-state index in [2.05, 4.69) is 16.0 Å². The molecule has 70 valence electrons. The Morgan fingerprint density at radius 2 is 2.23 bits per heavy atom. The molecule has 0 aromatic heterocycles. The third-order valence-corrected chi connectivity index (χ3v) is 2.93. The van der Waals surface area contributed by atoms with E-state index in [-0.39, 0.29) is 0 Å². The van der Waals surface area contributed by atoms with Gasteiger partial charge in [-0.15, -0.1) is 0 Å². The highest BCUT2D eigenvalue weighted by atomic mass is 32.1. The molecule has 0 N–H and O–H groups in total. The van der Waals surface area contributed by atoms with Crippen LogP contribution in [-0.4, -0.2) is 29.6 Å². The molecule has 2 aliphatic heterocycles. The summed E-state index contributed by atoms with van der Waals surface area (Å²) in [5, 5.41) is 1.79. The Hall–Kier alpha value is -0.700. The fourth-order valence-electron chi connectivity index (χ4n) is 1.77. The Balaban J connectivity index is 1.98. The van der Waals surface area contributed by atoms with Gasteiger partial charge in [0.25, 0.3) is 0 Å². The molecule has 1 fully saturated rings. The predicted molar refractivity (Wildman–Crippen MR) is 59.1 cm³/mol. The fourth-order valence-corrected chi connectivity index (χ4v) is 1.96. The Kier molecular flexibility index (Phi) is 2.74. The van der Waals surface area contributed by atoms with E-state index in [1.807, 2.05) is 6.21 Å². The molecule has 2 heterocycles. The SMILES string of the molecule is S=CC1C=NC(N2CCCC2)=CC1. The van der Waals surface area contributed by atoms with Crippen molar-refractivity contribution in [2.45, 2.75) is 19.3 Å². The zero-order valence-corrected chi connectivity index (χ0v) is 8.46. The van der Waals surface area contributed by atoms with Gasteiger partial charge in [0.05, 0.1) is 0 Å². The van der Waals surface area contributed by atoms with Crippen molar-refractivity contribution in [3.8, 4) is 0 Å². The van der Waals surface area contributed by atoms with Gasteiger partial charge in [0, 0.05) is 25.2 Å². The van der Waals surface area contributed by atoms with Gasteiger partial charge < -0.3 is 4.90 Å². The van der Waals surface area contributed by atoms with Crippen LogP contribution in [0.5, 0.6) is 0 Å². The summed E-state index contributed by atoms with van der Waals surface area (Å²) >= 11 is 4.89. The lowest BCUT2D eigenvalue weighted by Gasteiger charge is -2.21. The standard InChI is InChI=1S/C10H14N2S/c13-8-9-3-4-10(11-7-9)12-5-1-2-6-12/h4,7-9H,1-3,5-6H2. The second kappa shape index (κ2) is 4.01. The van der Waals surface area contributed by atoms with Crippen molar-refractivity contribution < 1.29 is 0 Å². The third kappa shape index (κ3) is 1.97. The van der Waals surface area contributed by atoms with Crippen LogP contribution >= 0.6 is 12.2 Å². The number of allylic oxidation sites excluding steroid dienone is 1. The number of nitrogens with zero attached hydrogens (tertiary/aromatic N) is 2. The molecular formula is C10H14N2S. The average Bonchev–Trinajstić information content (AvgIpc) is 2.71. The minimum absolute atomic E-state index is 0.376. The van der Waals surface area contributed by atoms with Crippen LogP contribution in [0.3, 0.4) is 0 Å². The molecule has 1 atom stereocenters. The van der Waals surface area contributed by atoms with Crippen LogP contribution in [0.1, 0.15) is 19.3 Å². The number of aliphatic imine (C=N–C) groups is 1. The molecule has 1 saturated heterocycles. The van der Waals surface area contributed by atoms with Gasteiger partial charge in [0.1, 0.15) is 5.82 Å². The number of hydrogen-bond acceptors (Lipinski definition) is 3. The lowest BCUT2D eigenvalue weighted by Crippen LogP contribution is -2.20. The van der Waals surface area contributed by atoms with Gasteiger partial charge >= 0.3 is 0 Å². The summed E-state index contributed by atoms with van der Waals surface area (Å²) in [5.74, 6) is 1.53. The van der Waals surface area contributed by atoms with Crippen LogP contribution in [-0.2, 0) is 0 Å². The second-order valence-electron chi connectivity index (χ2n) is 3.57. The second-order valence-corrected chi connectivity index (χ2v) is 3.84. The Labute approximate surface area is 84.3 Å². The van der Waals surface area contributed by atoms with Crippen LogP contribution in [0.4, 0.5) is 0 Å². The summed E-state index contributed by atoms with van der Waals surface area (Å²) in [4.78, 5) is 6.79. The smallest absolute Gasteiger partial charge is 0.124 e. The predicted octanol–water partition coefficient (Wildman–Crippen LogP) is 2.01. The van der Waals surface area contributed by atoms with E-state index >= 15 is 0 Å². The highest BCUT2D eigenvalue weighted by Crippen LogP contribution is 2.19. The first kappa shape index (κ1) is 8.88. The monoisotopic (exact) mass is 194 g/mol. The van der Waals surface area contributed by atoms with Gasteiger partial charge in [-0.05, 0) is 30.7 Å². The zero-order chi connectivity index (χ0) is 9.10. The minimum Gasteiger partial charge on any atom is -0.357 e. The summed E-state index contributed by atoms with van der Waals surface area (Å²) in [5.41, 5.74) is 0. The topological polar surface area (TPSA) is 15.6 Å². The van der Waals surface area contributed by atoms with Gasteiger partial charge in [-0.25, -0.2) is 4.99 Å². The maximum absolute atomic E-state index is 4.89. The molecule has 0 bridgehead atoms. The van der Waals surface area contributed by atoms with Crippen LogP contribution < -0.4 is 0 Å². The Bertz CT molecular complexity index is 252. The van der Waals surface area contributed by atoms with Crippen molar-refractivity contribution in [2.24, 2.45) is 10.9 Å². The zero-order valence-electron chi connectivity index (χ0n) is 7.65. The van der Waals surface area contributed by atoms with Crippen molar-refractivity contribution in [3.05, 3.63) is 11.9 Å². The van der Waals surface area contributed by atoms with E-state index < -0.39 is 0 Å². The molecule has 0 spiro atoms. The number of hydrogen-bond donors (Lipinski definition) is 0. The molecule has 3 heteroatoms. The van der Waals surface area contributed by atoms with Gasteiger partial charge in [-0.3, -0.25) is 0 Å². The lowest BCUT2D eigenvalue weighted by atomic mass is 10.1. The third-order valence-electron chi connectivity index (χ3n) is 2.58. The van der Waals surface area contributed by atoms with Crippen molar-refractivity contribution in [1.29, 1.82) is 0 Å². The van der Waals surface area contributed by atoms with Gasteiger partial charge in [0.2, 0.25) is 0 Å². The Morgan fingerprint density at radius 3 is 2.77 bits per heavy atom. The first-order valence-electron chi connectivity index (χ1n) is 4.85. The molecule has 0 aromatic carbocycles. The van der Waals surface area contributed by atoms with E-state index in [4.69, 9.17) is 12.2 Å². The molecular weight excluding hydrogens is 180 g/mol. The van der Waals surface area contributed by atoms with Crippen LogP contribution in [0.2, 0.25) is 0 Å². The molecule has 1 unspecified atom stereocenters. The molecule has 0 amide bonds. The van der Waals surface area contributed by atoms with Crippen molar-refractivity contribution >= 4 is 23.8 Å². The number of rotatable bonds is 2. The fraction of sp³-hybridized carbons (Fsp3) is 0.600. The lowest BCUT2D eigenvalue weighted by molar-refractivity contribution is 0.418. The summed E-state index contributed by atoms with van der Waals surface area (Å²) in [6, 6.07) is 0. The van der Waals surface area contributed by atoms with Crippen LogP contribution in [0.25, 0.3) is 0 Å². The molecule has 0 radical (unpaired) electrons. The summed E-state index contributed by atoms with van der Waals surface area (Å²) in [7, 11) is 0. The highest BCUT2D eigenvalue weighted by Gasteiger charge is 2.16. The highest BCUT2D eigenvalue weighted by molar-refractivity contribution is 7.79. The summed E-state index contributed by atoms with van der Waals surface area (Å²) in [6.07, 6.45) is 7.82. The van der Waals surface area contributed by atoms with Crippen LogP contribution in [0, 0.1) is 5.92 Å². The number of thiocarbonyl (C=S) groups is 1. The van der Waals surface area contributed by atoms with E-state index in [0.29, 0.717) is 5.92 Å². The van der Waals surface area contributed by atoms with Gasteiger partial charge in [0.15, 0.2) is 0 Å². The van der Waals surface area contributed by atoms with Crippen LogP contribution in [0.15, 0.2) is 16.9 Å². The van der Waals surface area contributed by atoms with Crippen molar-refractivity contribution in [1.82, 2.24) is 4.90 Å².